The fraction of sp³-hybridized carbons (Fsp3) is 0.350. The Morgan fingerprint density at radius 1 is 1.17 bits per heavy atom. The zero-order valence-corrected chi connectivity index (χ0v) is 18.7. The van der Waals surface area contributed by atoms with E-state index in [9.17, 15) is 19.5 Å². The van der Waals surface area contributed by atoms with E-state index in [4.69, 9.17) is 9.47 Å². The molecule has 9 heteroatoms. The van der Waals surface area contributed by atoms with E-state index in [0.717, 1.165) is 39.7 Å². The molecule has 0 saturated heterocycles. The molecule has 0 radical (unpaired) electrons. The smallest absolute Gasteiger partial charge is 0.342 e. The number of amides is 1. The van der Waals surface area contributed by atoms with Crippen LogP contribution in [0.4, 0.5) is 5.00 Å². The first-order chi connectivity index (χ1) is 13.9. The highest BCUT2D eigenvalue weighted by atomic mass is 127. The molecule has 1 aliphatic carbocycles. The van der Waals surface area contributed by atoms with Crippen molar-refractivity contribution in [2.24, 2.45) is 0 Å². The molecular formula is C20H20INO6S. The summed E-state index contributed by atoms with van der Waals surface area (Å²) in [7, 11) is 0. The Morgan fingerprint density at radius 3 is 2.69 bits per heavy atom. The van der Waals surface area contributed by atoms with E-state index in [1.165, 1.54) is 23.5 Å². The number of thiophene rings is 1. The van der Waals surface area contributed by atoms with E-state index in [1.54, 1.807) is 13.0 Å². The van der Waals surface area contributed by atoms with Crippen molar-refractivity contribution in [3.05, 3.63) is 43.3 Å². The van der Waals surface area contributed by atoms with Crippen LogP contribution in [-0.2, 0) is 27.1 Å². The number of aryl methyl sites for hydroxylation is 1. The molecule has 0 atom stereocenters. The van der Waals surface area contributed by atoms with Crippen molar-refractivity contribution in [2.75, 3.05) is 18.5 Å². The standard InChI is InChI=1S/C20H20INO6S/c1-2-27-20(26)17-12-5-3-4-6-15(12)29-18(17)22-16(24)10-28-19(25)13-9-11(21)7-8-14(13)23/h7-9,23H,2-6,10H2,1H3,(H,22,24). The summed E-state index contributed by atoms with van der Waals surface area (Å²) in [6.45, 7) is 1.44. The number of carbonyl (C=O) groups excluding carboxylic acids is 3. The molecule has 154 valence electrons. The van der Waals surface area contributed by atoms with Gasteiger partial charge in [-0.05, 0) is 79.0 Å². The number of hydrogen-bond acceptors (Lipinski definition) is 7. The molecule has 3 rings (SSSR count). The van der Waals surface area contributed by atoms with Crippen molar-refractivity contribution in [3.63, 3.8) is 0 Å². The van der Waals surface area contributed by atoms with Gasteiger partial charge in [0, 0.05) is 8.45 Å². The Labute approximate surface area is 185 Å². The summed E-state index contributed by atoms with van der Waals surface area (Å²) in [5.41, 5.74) is 1.33. The molecule has 0 spiro atoms. The molecule has 1 aliphatic rings. The Hall–Kier alpha value is -2.14. The number of esters is 2. The van der Waals surface area contributed by atoms with Gasteiger partial charge < -0.3 is 19.9 Å². The van der Waals surface area contributed by atoms with Crippen molar-refractivity contribution in [1.82, 2.24) is 0 Å². The zero-order valence-electron chi connectivity index (χ0n) is 15.7. The van der Waals surface area contributed by atoms with E-state index < -0.39 is 24.5 Å². The van der Waals surface area contributed by atoms with Crippen LogP contribution in [0.1, 0.15) is 50.9 Å². The van der Waals surface area contributed by atoms with Crippen molar-refractivity contribution in [2.45, 2.75) is 32.6 Å². The summed E-state index contributed by atoms with van der Waals surface area (Å²) < 4.78 is 10.9. The fourth-order valence-electron chi connectivity index (χ4n) is 3.12. The van der Waals surface area contributed by atoms with Crippen LogP contribution >= 0.6 is 33.9 Å². The van der Waals surface area contributed by atoms with Gasteiger partial charge in [-0.15, -0.1) is 11.3 Å². The van der Waals surface area contributed by atoms with Gasteiger partial charge in [0.05, 0.1) is 12.2 Å². The number of carbonyl (C=O) groups is 3. The quantitative estimate of drug-likeness (QED) is 0.435. The number of aromatic hydroxyl groups is 1. The lowest BCUT2D eigenvalue weighted by Crippen LogP contribution is -2.22. The SMILES string of the molecule is CCOC(=O)c1c(NC(=O)COC(=O)c2cc(I)ccc2O)sc2c1CCCC2. The minimum absolute atomic E-state index is 0.0106. The Balaban J connectivity index is 1.70. The van der Waals surface area contributed by atoms with Crippen LogP contribution in [0.25, 0.3) is 0 Å². The lowest BCUT2D eigenvalue weighted by molar-refractivity contribution is -0.119. The van der Waals surface area contributed by atoms with Crippen LogP contribution in [0.3, 0.4) is 0 Å². The highest BCUT2D eigenvalue weighted by Crippen LogP contribution is 2.38. The van der Waals surface area contributed by atoms with E-state index in [0.29, 0.717) is 10.6 Å². The third kappa shape index (κ3) is 5.08. The second kappa shape index (κ2) is 9.57. The summed E-state index contributed by atoms with van der Waals surface area (Å²) in [5, 5.41) is 12.9. The number of halogens is 1. The summed E-state index contributed by atoms with van der Waals surface area (Å²) >= 11 is 3.37. The summed E-state index contributed by atoms with van der Waals surface area (Å²) in [6, 6.07) is 4.51. The number of rotatable bonds is 6. The van der Waals surface area contributed by atoms with Crippen molar-refractivity contribution in [1.29, 1.82) is 0 Å². The first kappa shape index (κ1) is 21.6. The lowest BCUT2D eigenvalue weighted by atomic mass is 9.95. The maximum absolute atomic E-state index is 12.4. The van der Waals surface area contributed by atoms with Crippen LogP contribution < -0.4 is 5.32 Å². The lowest BCUT2D eigenvalue weighted by Gasteiger charge is -2.12. The molecule has 0 saturated carbocycles. The zero-order chi connectivity index (χ0) is 21.0. The van der Waals surface area contributed by atoms with E-state index in [2.05, 4.69) is 5.32 Å². The van der Waals surface area contributed by atoms with Crippen molar-refractivity contribution < 1.29 is 29.0 Å². The summed E-state index contributed by atoms with van der Waals surface area (Å²) in [5.74, 6) is -2.03. The predicted molar refractivity (Wildman–Crippen MR) is 117 cm³/mol. The molecule has 1 aromatic carbocycles. The number of fused-ring (bicyclic) bond motifs is 1. The Bertz CT molecular complexity index is 955. The van der Waals surface area contributed by atoms with Gasteiger partial charge in [-0.1, -0.05) is 0 Å². The Morgan fingerprint density at radius 2 is 1.93 bits per heavy atom. The molecule has 0 unspecified atom stereocenters. The molecule has 1 heterocycles. The van der Waals surface area contributed by atoms with Crippen LogP contribution in [0, 0.1) is 3.57 Å². The number of hydrogen-bond donors (Lipinski definition) is 2. The minimum atomic E-state index is -0.799. The summed E-state index contributed by atoms with van der Waals surface area (Å²) in [6.07, 6.45) is 3.67. The van der Waals surface area contributed by atoms with E-state index in [1.807, 2.05) is 22.6 Å². The van der Waals surface area contributed by atoms with Gasteiger partial charge in [0.1, 0.15) is 16.3 Å². The molecule has 1 amide bonds. The average Bonchev–Trinajstić information content (AvgIpc) is 3.06. The van der Waals surface area contributed by atoms with Gasteiger partial charge in [0.2, 0.25) is 0 Å². The number of anilines is 1. The number of phenolic OH excluding ortho intramolecular Hbond substituents is 1. The predicted octanol–water partition coefficient (Wildman–Crippen LogP) is 3.91. The maximum Gasteiger partial charge on any atom is 0.342 e. The first-order valence-electron chi connectivity index (χ1n) is 9.17. The largest absolute Gasteiger partial charge is 0.507 e. The molecule has 0 aliphatic heterocycles. The highest BCUT2D eigenvalue weighted by Gasteiger charge is 2.27. The van der Waals surface area contributed by atoms with E-state index >= 15 is 0 Å². The molecule has 2 aromatic rings. The highest BCUT2D eigenvalue weighted by molar-refractivity contribution is 14.1. The van der Waals surface area contributed by atoms with Gasteiger partial charge in [0.25, 0.3) is 5.91 Å². The molecule has 0 bridgehead atoms. The van der Waals surface area contributed by atoms with Gasteiger partial charge >= 0.3 is 11.9 Å². The number of benzene rings is 1. The van der Waals surface area contributed by atoms with Gasteiger partial charge in [-0.25, -0.2) is 9.59 Å². The van der Waals surface area contributed by atoms with Gasteiger partial charge in [0.15, 0.2) is 6.61 Å². The van der Waals surface area contributed by atoms with Crippen molar-refractivity contribution >= 4 is 56.8 Å². The van der Waals surface area contributed by atoms with Crippen LogP contribution in [0.5, 0.6) is 5.75 Å². The third-order valence-corrected chi connectivity index (χ3v) is 6.29. The molecule has 0 fully saturated rings. The van der Waals surface area contributed by atoms with Crippen LogP contribution in [0.2, 0.25) is 0 Å². The molecular weight excluding hydrogens is 509 g/mol. The molecule has 2 N–H and O–H groups in total. The van der Waals surface area contributed by atoms with Crippen LogP contribution in [0.15, 0.2) is 18.2 Å². The fourth-order valence-corrected chi connectivity index (χ4v) is 4.90. The second-order valence-corrected chi connectivity index (χ2v) is 8.77. The Kier molecular flexibility index (Phi) is 7.12. The van der Waals surface area contributed by atoms with Gasteiger partial charge in [-0.2, -0.15) is 0 Å². The minimum Gasteiger partial charge on any atom is -0.507 e. The number of phenols is 1. The average molecular weight is 529 g/mol. The maximum atomic E-state index is 12.4. The third-order valence-electron chi connectivity index (χ3n) is 4.42. The number of nitrogens with one attached hydrogen (secondary N) is 1. The topological polar surface area (TPSA) is 102 Å². The normalized spacial score (nSPS) is 12.8. The first-order valence-corrected chi connectivity index (χ1v) is 11.1. The van der Waals surface area contributed by atoms with Gasteiger partial charge in [-0.3, -0.25) is 4.79 Å². The summed E-state index contributed by atoms with van der Waals surface area (Å²) in [4.78, 5) is 38.0. The van der Waals surface area contributed by atoms with Crippen molar-refractivity contribution in [3.8, 4) is 5.75 Å². The molecule has 7 nitrogen and oxygen atoms in total. The molecule has 1 aromatic heterocycles. The van der Waals surface area contributed by atoms with Crippen LogP contribution in [-0.4, -0.2) is 36.2 Å². The monoisotopic (exact) mass is 529 g/mol. The van der Waals surface area contributed by atoms with E-state index in [-0.39, 0.29) is 17.9 Å². The molecule has 29 heavy (non-hydrogen) atoms. The number of ether oxygens (including phenoxy) is 2. The second-order valence-electron chi connectivity index (χ2n) is 6.42.